The fourth-order valence-electron chi connectivity index (χ4n) is 5.32. The van der Waals surface area contributed by atoms with Crippen LogP contribution in [0.2, 0.25) is 0 Å². The molecule has 0 aliphatic heterocycles. The van der Waals surface area contributed by atoms with Gasteiger partial charge in [-0.1, -0.05) is 52.0 Å². The van der Waals surface area contributed by atoms with E-state index in [9.17, 15) is 9.90 Å². The van der Waals surface area contributed by atoms with Crippen LogP contribution in [0.3, 0.4) is 0 Å². The Balaban J connectivity index is 1.85. The molecule has 25 heavy (non-hydrogen) atoms. The lowest BCUT2D eigenvalue weighted by molar-refractivity contribution is 0.0696. The van der Waals surface area contributed by atoms with Crippen LogP contribution in [-0.4, -0.2) is 11.1 Å². The summed E-state index contributed by atoms with van der Waals surface area (Å²) in [5.41, 5.74) is 3.26. The highest BCUT2D eigenvalue weighted by Gasteiger charge is 2.36. The lowest BCUT2D eigenvalue weighted by atomic mass is 9.63. The second-order valence-electron chi connectivity index (χ2n) is 8.56. The summed E-state index contributed by atoms with van der Waals surface area (Å²) in [7, 11) is 0. The second kappa shape index (κ2) is 8.38. The number of aryl methyl sites for hydroxylation is 1. The van der Waals surface area contributed by atoms with Gasteiger partial charge in [0.1, 0.15) is 0 Å². The van der Waals surface area contributed by atoms with Crippen LogP contribution in [0.4, 0.5) is 0 Å². The number of carboxylic acids is 1. The molecule has 1 fully saturated rings. The van der Waals surface area contributed by atoms with Gasteiger partial charge in [0.15, 0.2) is 0 Å². The predicted octanol–water partition coefficient (Wildman–Crippen LogP) is 6.44. The molecule has 0 spiro atoms. The van der Waals surface area contributed by atoms with Gasteiger partial charge < -0.3 is 5.11 Å². The zero-order chi connectivity index (χ0) is 17.8. The van der Waals surface area contributed by atoms with Crippen molar-refractivity contribution < 1.29 is 9.90 Å². The number of hydrogen-bond acceptors (Lipinski definition) is 1. The van der Waals surface area contributed by atoms with Crippen molar-refractivity contribution in [2.75, 3.05) is 0 Å². The molecule has 3 rings (SSSR count). The Morgan fingerprint density at radius 1 is 1.12 bits per heavy atom. The Bertz CT molecular complexity index is 584. The summed E-state index contributed by atoms with van der Waals surface area (Å²) in [6.07, 6.45) is 13.1. The molecule has 2 unspecified atom stereocenters. The van der Waals surface area contributed by atoms with E-state index in [0.717, 1.165) is 24.2 Å². The van der Waals surface area contributed by atoms with Crippen molar-refractivity contribution in [2.45, 2.75) is 84.0 Å². The number of rotatable bonds is 6. The third kappa shape index (κ3) is 4.27. The van der Waals surface area contributed by atoms with Crippen molar-refractivity contribution >= 4 is 5.97 Å². The first-order valence-corrected chi connectivity index (χ1v) is 10.5. The van der Waals surface area contributed by atoms with Gasteiger partial charge in [-0.25, -0.2) is 4.79 Å². The molecule has 2 atom stereocenters. The molecule has 1 N–H and O–H groups in total. The molecule has 0 radical (unpaired) electrons. The van der Waals surface area contributed by atoms with Crippen molar-refractivity contribution in [3.05, 3.63) is 34.9 Å². The molecular weight excluding hydrogens is 308 g/mol. The molecule has 0 saturated heterocycles. The van der Waals surface area contributed by atoms with E-state index >= 15 is 0 Å². The maximum Gasteiger partial charge on any atom is 0.335 e. The van der Waals surface area contributed by atoms with Crippen molar-refractivity contribution in [2.24, 2.45) is 17.8 Å². The van der Waals surface area contributed by atoms with Crippen LogP contribution in [0.25, 0.3) is 0 Å². The Kier molecular flexibility index (Phi) is 6.19. The number of fused-ring (bicyclic) bond motifs is 1. The van der Waals surface area contributed by atoms with E-state index in [-0.39, 0.29) is 0 Å². The standard InChI is InChI=1S/C23H34O2/c1-3-4-5-6-17-11-12-19-15-20(23(24)25)13-14-21(19)22(17)18-9-7-16(2)8-10-18/h13-18,22H,3-12H2,1-2H3,(H,24,25)/t16-,17?,18-,22?. The zero-order valence-electron chi connectivity index (χ0n) is 16.0. The number of carbonyl (C=O) groups is 1. The smallest absolute Gasteiger partial charge is 0.335 e. The largest absolute Gasteiger partial charge is 0.478 e. The SMILES string of the molecule is CCCCCC1CCc2cc(C(=O)O)ccc2C1[C@H]1CC[C@H](C)CC1. The van der Waals surface area contributed by atoms with Gasteiger partial charge in [-0.05, 0) is 79.0 Å². The van der Waals surface area contributed by atoms with Gasteiger partial charge in [0.2, 0.25) is 0 Å². The first kappa shape index (κ1) is 18.5. The van der Waals surface area contributed by atoms with Crippen molar-refractivity contribution in [1.29, 1.82) is 0 Å². The van der Waals surface area contributed by atoms with Gasteiger partial charge >= 0.3 is 5.97 Å². The van der Waals surface area contributed by atoms with Crippen LogP contribution in [0, 0.1) is 17.8 Å². The lowest BCUT2D eigenvalue weighted by Gasteiger charge is -2.41. The maximum absolute atomic E-state index is 11.3. The molecule has 2 nitrogen and oxygen atoms in total. The summed E-state index contributed by atoms with van der Waals surface area (Å²) >= 11 is 0. The van der Waals surface area contributed by atoms with Gasteiger partial charge in [-0.3, -0.25) is 0 Å². The molecule has 138 valence electrons. The molecular formula is C23H34O2. The third-order valence-electron chi connectivity index (χ3n) is 6.79. The Labute approximate surface area is 153 Å². The zero-order valence-corrected chi connectivity index (χ0v) is 16.0. The summed E-state index contributed by atoms with van der Waals surface area (Å²) < 4.78 is 0. The fraction of sp³-hybridized carbons (Fsp3) is 0.696. The highest BCUT2D eigenvalue weighted by molar-refractivity contribution is 5.88. The van der Waals surface area contributed by atoms with Gasteiger partial charge in [0.05, 0.1) is 5.56 Å². The van der Waals surface area contributed by atoms with Crippen LogP contribution in [0.15, 0.2) is 18.2 Å². The first-order chi connectivity index (χ1) is 12.1. The van der Waals surface area contributed by atoms with Crippen molar-refractivity contribution in [3.8, 4) is 0 Å². The maximum atomic E-state index is 11.3. The number of benzene rings is 1. The van der Waals surface area contributed by atoms with Crippen molar-refractivity contribution in [3.63, 3.8) is 0 Å². The van der Waals surface area contributed by atoms with E-state index < -0.39 is 5.97 Å². The average molecular weight is 343 g/mol. The second-order valence-corrected chi connectivity index (χ2v) is 8.56. The van der Waals surface area contributed by atoms with E-state index in [0.29, 0.717) is 11.5 Å². The molecule has 2 aliphatic rings. The normalized spacial score (nSPS) is 29.2. The lowest BCUT2D eigenvalue weighted by Crippen LogP contribution is -2.30. The molecule has 2 heteroatoms. The Hall–Kier alpha value is -1.31. The quantitative estimate of drug-likeness (QED) is 0.604. The number of unbranched alkanes of at least 4 members (excludes halogenated alkanes) is 2. The summed E-state index contributed by atoms with van der Waals surface area (Å²) in [6, 6.07) is 5.96. The summed E-state index contributed by atoms with van der Waals surface area (Å²) in [6.45, 7) is 4.67. The number of carboxylic acid groups (broad SMARTS) is 1. The van der Waals surface area contributed by atoms with Crippen LogP contribution in [0.1, 0.15) is 99.0 Å². The molecule has 0 amide bonds. The Morgan fingerprint density at radius 2 is 1.88 bits per heavy atom. The highest BCUT2D eigenvalue weighted by Crippen LogP contribution is 2.48. The molecule has 0 aromatic heterocycles. The number of aromatic carboxylic acids is 1. The Morgan fingerprint density at radius 3 is 2.56 bits per heavy atom. The summed E-state index contributed by atoms with van der Waals surface area (Å²) in [5, 5.41) is 9.33. The molecule has 0 bridgehead atoms. The van der Waals surface area contributed by atoms with Gasteiger partial charge in [-0.2, -0.15) is 0 Å². The van der Waals surface area contributed by atoms with Crippen LogP contribution >= 0.6 is 0 Å². The van der Waals surface area contributed by atoms with E-state index in [1.165, 1.54) is 68.9 Å². The highest BCUT2D eigenvalue weighted by atomic mass is 16.4. The fourth-order valence-corrected chi connectivity index (χ4v) is 5.32. The minimum absolute atomic E-state index is 0.458. The molecule has 1 aromatic carbocycles. The minimum atomic E-state index is -0.795. The van der Waals surface area contributed by atoms with E-state index in [1.54, 1.807) is 0 Å². The van der Waals surface area contributed by atoms with E-state index in [4.69, 9.17) is 0 Å². The van der Waals surface area contributed by atoms with Gasteiger partial charge in [0.25, 0.3) is 0 Å². The van der Waals surface area contributed by atoms with E-state index in [1.807, 2.05) is 12.1 Å². The minimum Gasteiger partial charge on any atom is -0.478 e. The summed E-state index contributed by atoms with van der Waals surface area (Å²) in [4.78, 5) is 11.3. The average Bonchev–Trinajstić information content (AvgIpc) is 2.62. The predicted molar refractivity (Wildman–Crippen MR) is 103 cm³/mol. The van der Waals surface area contributed by atoms with E-state index in [2.05, 4.69) is 19.9 Å². The third-order valence-corrected chi connectivity index (χ3v) is 6.79. The molecule has 1 saturated carbocycles. The van der Waals surface area contributed by atoms with Gasteiger partial charge in [0, 0.05) is 0 Å². The van der Waals surface area contributed by atoms with Crippen LogP contribution < -0.4 is 0 Å². The van der Waals surface area contributed by atoms with Gasteiger partial charge in [-0.15, -0.1) is 0 Å². The van der Waals surface area contributed by atoms with Crippen LogP contribution in [0.5, 0.6) is 0 Å². The van der Waals surface area contributed by atoms with Crippen LogP contribution in [-0.2, 0) is 6.42 Å². The first-order valence-electron chi connectivity index (χ1n) is 10.5. The molecule has 0 heterocycles. The molecule has 1 aromatic rings. The summed E-state index contributed by atoms with van der Waals surface area (Å²) in [5.74, 6) is 2.35. The monoisotopic (exact) mass is 342 g/mol. The van der Waals surface area contributed by atoms with Crippen molar-refractivity contribution in [1.82, 2.24) is 0 Å². The topological polar surface area (TPSA) is 37.3 Å². The molecule has 2 aliphatic carbocycles. The number of hydrogen-bond donors (Lipinski definition) is 1.